The molecule has 0 nitrogen and oxygen atoms in total. The molecule has 0 aliphatic heterocycles. The molecule has 0 aliphatic rings. The third-order valence-electron chi connectivity index (χ3n) is 1.87. The van der Waals surface area contributed by atoms with Gasteiger partial charge in [-0.05, 0) is 24.1 Å². The fraction of sp³-hybridized carbons (Fsp3) is 0.273. The van der Waals surface area contributed by atoms with Gasteiger partial charge in [0.15, 0.2) is 0 Å². The van der Waals surface area contributed by atoms with Crippen LogP contribution in [-0.2, 0) is 0 Å². The normalized spacial score (nSPS) is 11.8. The molecule has 70 valence electrons. The first-order valence-corrected chi connectivity index (χ1v) is 5.77. The highest BCUT2D eigenvalue weighted by Gasteiger charge is 1.93. The zero-order valence-electron chi connectivity index (χ0n) is 7.56. The van der Waals surface area contributed by atoms with E-state index in [0.717, 1.165) is 16.8 Å². The summed E-state index contributed by atoms with van der Waals surface area (Å²) in [6.07, 6.45) is 3.26. The molecule has 1 aromatic rings. The molecule has 0 heterocycles. The number of hydrogen-bond donors (Lipinski definition) is 0. The van der Waals surface area contributed by atoms with Gasteiger partial charge in [-0.3, -0.25) is 0 Å². The van der Waals surface area contributed by atoms with Crippen molar-refractivity contribution in [2.75, 3.05) is 5.33 Å². The van der Waals surface area contributed by atoms with E-state index in [-0.39, 0.29) is 0 Å². The van der Waals surface area contributed by atoms with E-state index in [0.29, 0.717) is 0 Å². The predicted octanol–water partition coefficient (Wildman–Crippen LogP) is 4.53. The monoisotopic (exact) mass is 258 g/mol. The SMILES string of the molecule is CC/C(=C/c1ccc(Cl)cc1)CBr. The van der Waals surface area contributed by atoms with Gasteiger partial charge in [0.25, 0.3) is 0 Å². The molecule has 0 aliphatic carbocycles. The van der Waals surface area contributed by atoms with Crippen LogP contribution < -0.4 is 0 Å². The standard InChI is InChI=1S/C11H12BrCl/c1-2-9(8-12)7-10-3-5-11(13)6-4-10/h3-7H,2,8H2,1H3/b9-7-. The van der Waals surface area contributed by atoms with Crippen LogP contribution >= 0.6 is 27.5 Å². The molecule has 0 amide bonds. The minimum absolute atomic E-state index is 0.786. The third kappa shape index (κ3) is 3.53. The smallest absolute Gasteiger partial charge is 0.0406 e. The van der Waals surface area contributed by atoms with Crippen molar-refractivity contribution in [2.45, 2.75) is 13.3 Å². The first-order chi connectivity index (χ1) is 6.26. The van der Waals surface area contributed by atoms with E-state index in [1.807, 2.05) is 24.3 Å². The van der Waals surface area contributed by atoms with E-state index < -0.39 is 0 Å². The largest absolute Gasteiger partial charge is 0.0880 e. The minimum Gasteiger partial charge on any atom is -0.0880 e. The van der Waals surface area contributed by atoms with Crippen LogP contribution in [0.3, 0.4) is 0 Å². The Bertz CT molecular complexity index is 281. The number of alkyl halides is 1. The van der Waals surface area contributed by atoms with Gasteiger partial charge < -0.3 is 0 Å². The van der Waals surface area contributed by atoms with E-state index in [1.165, 1.54) is 11.1 Å². The van der Waals surface area contributed by atoms with Crippen LogP contribution in [0.15, 0.2) is 29.8 Å². The lowest BCUT2D eigenvalue weighted by molar-refractivity contribution is 1.12. The van der Waals surface area contributed by atoms with E-state index in [2.05, 4.69) is 28.9 Å². The molecule has 2 heteroatoms. The Kier molecular flexibility index (Phi) is 4.54. The van der Waals surface area contributed by atoms with Gasteiger partial charge in [-0.1, -0.05) is 58.2 Å². The summed E-state index contributed by atoms with van der Waals surface area (Å²) in [6, 6.07) is 7.88. The number of halogens is 2. The van der Waals surface area contributed by atoms with Gasteiger partial charge in [0.05, 0.1) is 0 Å². The van der Waals surface area contributed by atoms with Crippen molar-refractivity contribution < 1.29 is 0 Å². The summed E-state index contributed by atoms with van der Waals surface area (Å²) in [4.78, 5) is 0. The topological polar surface area (TPSA) is 0 Å². The summed E-state index contributed by atoms with van der Waals surface area (Å²) in [5, 5.41) is 1.72. The summed E-state index contributed by atoms with van der Waals surface area (Å²) in [5.74, 6) is 0. The first-order valence-electron chi connectivity index (χ1n) is 4.27. The third-order valence-corrected chi connectivity index (χ3v) is 2.84. The second-order valence-electron chi connectivity index (χ2n) is 2.84. The van der Waals surface area contributed by atoms with Crippen LogP contribution in [0, 0.1) is 0 Å². The summed E-state index contributed by atoms with van der Waals surface area (Å²) in [5.41, 5.74) is 2.60. The van der Waals surface area contributed by atoms with Crippen LogP contribution in [0.5, 0.6) is 0 Å². The van der Waals surface area contributed by atoms with Gasteiger partial charge in [0.1, 0.15) is 0 Å². The van der Waals surface area contributed by atoms with Crippen LogP contribution in [0.1, 0.15) is 18.9 Å². The number of hydrogen-bond acceptors (Lipinski definition) is 0. The van der Waals surface area contributed by atoms with Crippen LogP contribution in [0.4, 0.5) is 0 Å². The molecule has 0 saturated heterocycles. The molecule has 1 aromatic carbocycles. The molecule has 0 radical (unpaired) electrons. The maximum Gasteiger partial charge on any atom is 0.0406 e. The van der Waals surface area contributed by atoms with E-state index in [1.54, 1.807) is 0 Å². The average Bonchev–Trinajstić information content (AvgIpc) is 2.17. The van der Waals surface area contributed by atoms with Gasteiger partial charge >= 0.3 is 0 Å². The first kappa shape index (κ1) is 10.8. The lowest BCUT2D eigenvalue weighted by atomic mass is 10.1. The number of allylic oxidation sites excluding steroid dienone is 1. The van der Waals surface area contributed by atoms with E-state index >= 15 is 0 Å². The van der Waals surface area contributed by atoms with Gasteiger partial charge in [0.2, 0.25) is 0 Å². The summed E-state index contributed by atoms with van der Waals surface area (Å²) >= 11 is 9.24. The number of rotatable bonds is 3. The lowest BCUT2D eigenvalue weighted by Gasteiger charge is -1.99. The Labute approximate surface area is 92.7 Å². The highest BCUT2D eigenvalue weighted by Crippen LogP contribution is 2.14. The zero-order valence-corrected chi connectivity index (χ0v) is 9.90. The fourth-order valence-electron chi connectivity index (χ4n) is 1.03. The summed E-state index contributed by atoms with van der Waals surface area (Å²) in [7, 11) is 0. The molecule has 0 aromatic heterocycles. The molecule has 0 saturated carbocycles. The Morgan fingerprint density at radius 3 is 2.46 bits per heavy atom. The maximum atomic E-state index is 5.79. The van der Waals surface area contributed by atoms with Gasteiger partial charge in [-0.2, -0.15) is 0 Å². The van der Waals surface area contributed by atoms with Gasteiger partial charge in [0, 0.05) is 10.4 Å². The molecule has 13 heavy (non-hydrogen) atoms. The van der Waals surface area contributed by atoms with E-state index in [9.17, 15) is 0 Å². The van der Waals surface area contributed by atoms with Crippen molar-refractivity contribution in [3.63, 3.8) is 0 Å². The second-order valence-corrected chi connectivity index (χ2v) is 3.84. The summed E-state index contributed by atoms with van der Waals surface area (Å²) < 4.78 is 0. The van der Waals surface area contributed by atoms with Crippen molar-refractivity contribution in [3.05, 3.63) is 40.4 Å². The maximum absolute atomic E-state index is 5.79. The van der Waals surface area contributed by atoms with Crippen molar-refractivity contribution in [2.24, 2.45) is 0 Å². The molecule has 0 fully saturated rings. The molecule has 0 spiro atoms. The fourth-order valence-corrected chi connectivity index (χ4v) is 1.71. The minimum atomic E-state index is 0.786. The molecule has 0 N–H and O–H groups in total. The highest BCUT2D eigenvalue weighted by molar-refractivity contribution is 9.09. The molecule has 0 bridgehead atoms. The number of benzene rings is 1. The average molecular weight is 260 g/mol. The van der Waals surface area contributed by atoms with Crippen molar-refractivity contribution in [1.82, 2.24) is 0 Å². The summed E-state index contributed by atoms with van der Waals surface area (Å²) in [6.45, 7) is 2.16. The Morgan fingerprint density at radius 2 is 2.00 bits per heavy atom. The quantitative estimate of drug-likeness (QED) is 0.700. The van der Waals surface area contributed by atoms with Crippen molar-refractivity contribution >= 4 is 33.6 Å². The van der Waals surface area contributed by atoms with Gasteiger partial charge in [-0.25, -0.2) is 0 Å². The zero-order chi connectivity index (χ0) is 9.68. The predicted molar refractivity (Wildman–Crippen MR) is 63.5 cm³/mol. The molecular weight excluding hydrogens is 247 g/mol. The Hall–Kier alpha value is -0.270. The molecule has 0 unspecified atom stereocenters. The molecular formula is C11H12BrCl. The molecule has 0 atom stereocenters. The van der Waals surface area contributed by atoms with Crippen LogP contribution in [0.25, 0.3) is 6.08 Å². The highest BCUT2D eigenvalue weighted by atomic mass is 79.9. The van der Waals surface area contributed by atoms with Crippen molar-refractivity contribution in [3.8, 4) is 0 Å². The van der Waals surface area contributed by atoms with Crippen LogP contribution in [0.2, 0.25) is 5.02 Å². The van der Waals surface area contributed by atoms with E-state index in [4.69, 9.17) is 11.6 Å². The molecule has 1 rings (SSSR count). The van der Waals surface area contributed by atoms with Crippen LogP contribution in [-0.4, -0.2) is 5.33 Å². The van der Waals surface area contributed by atoms with Crippen molar-refractivity contribution in [1.29, 1.82) is 0 Å². The second kappa shape index (κ2) is 5.46. The van der Waals surface area contributed by atoms with Gasteiger partial charge in [-0.15, -0.1) is 0 Å². The lowest BCUT2D eigenvalue weighted by Crippen LogP contribution is -1.81. The Morgan fingerprint density at radius 1 is 1.38 bits per heavy atom. The Balaban J connectivity index is 2.84.